The molecule has 0 unspecified atom stereocenters. The van der Waals surface area contributed by atoms with Crippen LogP contribution < -0.4 is 10.6 Å². The molecular formula is C18H26N4O4. The van der Waals surface area contributed by atoms with Crippen LogP contribution in [0, 0.1) is 16.0 Å². The van der Waals surface area contributed by atoms with E-state index in [2.05, 4.69) is 10.6 Å². The number of likely N-dealkylation sites (tertiary alicyclic amines) is 1. The lowest BCUT2D eigenvalue weighted by atomic mass is 9.95. The molecule has 2 amide bonds. The highest BCUT2D eigenvalue weighted by Gasteiger charge is 2.26. The molecule has 1 aliphatic heterocycles. The molecule has 8 nitrogen and oxygen atoms in total. The van der Waals surface area contributed by atoms with Gasteiger partial charge in [-0.15, -0.1) is 0 Å². The minimum Gasteiger partial charge on any atom is -0.385 e. The van der Waals surface area contributed by atoms with Crippen molar-refractivity contribution in [2.45, 2.75) is 32.6 Å². The Hall–Kier alpha value is -2.64. The number of nitro benzene ring substituents is 1. The molecule has 2 N–H and O–H groups in total. The molecule has 1 aromatic carbocycles. The Morgan fingerprint density at radius 2 is 1.88 bits per heavy atom. The van der Waals surface area contributed by atoms with Gasteiger partial charge in [0.05, 0.1) is 4.92 Å². The number of nitro groups is 1. The number of nitrogens with one attached hydrogen (secondary N) is 2. The van der Waals surface area contributed by atoms with Crippen LogP contribution in [0.25, 0.3) is 0 Å². The molecule has 1 heterocycles. The number of rotatable bonds is 8. The molecule has 2 rings (SSSR count). The lowest BCUT2D eigenvalue weighted by Crippen LogP contribution is -2.43. The summed E-state index contributed by atoms with van der Waals surface area (Å²) in [4.78, 5) is 36.1. The number of anilines is 1. The van der Waals surface area contributed by atoms with Crippen molar-refractivity contribution < 1.29 is 14.5 Å². The van der Waals surface area contributed by atoms with E-state index < -0.39 is 4.92 Å². The summed E-state index contributed by atoms with van der Waals surface area (Å²) in [5.41, 5.74) is 0.854. The number of carbonyl (C=O) groups is 2. The van der Waals surface area contributed by atoms with Gasteiger partial charge in [0.15, 0.2) is 0 Å². The van der Waals surface area contributed by atoms with Crippen LogP contribution in [-0.4, -0.2) is 47.8 Å². The average Bonchev–Trinajstić information content (AvgIpc) is 2.65. The van der Waals surface area contributed by atoms with Crippen LogP contribution in [0.5, 0.6) is 0 Å². The number of hydrogen-bond acceptors (Lipinski definition) is 5. The fourth-order valence-corrected chi connectivity index (χ4v) is 3.04. The molecule has 1 aliphatic rings. The Kier molecular flexibility index (Phi) is 7.37. The van der Waals surface area contributed by atoms with E-state index in [-0.39, 0.29) is 23.4 Å². The molecule has 1 aromatic rings. The summed E-state index contributed by atoms with van der Waals surface area (Å²) in [6.45, 7) is 4.44. The van der Waals surface area contributed by atoms with E-state index in [0.29, 0.717) is 39.0 Å². The van der Waals surface area contributed by atoms with Gasteiger partial charge in [-0.2, -0.15) is 0 Å². The number of piperidine rings is 1. The molecule has 0 aliphatic carbocycles. The molecule has 0 aromatic heterocycles. The highest BCUT2D eigenvalue weighted by atomic mass is 16.6. The van der Waals surface area contributed by atoms with Gasteiger partial charge in [-0.25, -0.2) is 0 Å². The number of hydrogen-bond donors (Lipinski definition) is 2. The summed E-state index contributed by atoms with van der Waals surface area (Å²) in [6.07, 6.45) is 2.58. The lowest BCUT2D eigenvalue weighted by molar-refractivity contribution is -0.384. The van der Waals surface area contributed by atoms with Crippen molar-refractivity contribution in [2.75, 3.05) is 31.5 Å². The SMILES string of the molecule is CCNC(=O)C1CCN(C(=O)CCCNc2ccc([N+](=O)[O-])cc2)CC1. The van der Waals surface area contributed by atoms with Gasteiger partial charge >= 0.3 is 0 Å². The maximum absolute atomic E-state index is 12.3. The number of benzene rings is 1. The first kappa shape index (κ1) is 19.7. The minimum absolute atomic E-state index is 0.0165. The van der Waals surface area contributed by atoms with Crippen LogP contribution >= 0.6 is 0 Å². The van der Waals surface area contributed by atoms with Gasteiger partial charge in [-0.1, -0.05) is 0 Å². The zero-order valence-corrected chi connectivity index (χ0v) is 15.1. The van der Waals surface area contributed by atoms with Crippen LogP contribution in [0.4, 0.5) is 11.4 Å². The summed E-state index contributed by atoms with van der Waals surface area (Å²) in [5, 5.41) is 16.6. The Labute approximate surface area is 153 Å². The molecule has 1 saturated heterocycles. The maximum Gasteiger partial charge on any atom is 0.269 e. The van der Waals surface area contributed by atoms with Gasteiger partial charge < -0.3 is 15.5 Å². The smallest absolute Gasteiger partial charge is 0.269 e. The Morgan fingerprint density at radius 1 is 1.23 bits per heavy atom. The molecule has 0 radical (unpaired) electrons. The van der Waals surface area contributed by atoms with Crippen LogP contribution in [-0.2, 0) is 9.59 Å². The third-order valence-electron chi connectivity index (χ3n) is 4.54. The van der Waals surface area contributed by atoms with Crippen LogP contribution in [0.1, 0.15) is 32.6 Å². The summed E-state index contributed by atoms with van der Waals surface area (Å²) in [5.74, 6) is 0.222. The standard InChI is InChI=1S/C18H26N4O4/c1-2-19-18(24)14-9-12-21(13-10-14)17(23)4-3-11-20-15-5-7-16(8-6-15)22(25)26/h5-8,14,20H,2-4,9-13H2,1H3,(H,19,24). The van der Waals surface area contributed by atoms with Crippen LogP contribution in [0.2, 0.25) is 0 Å². The predicted molar refractivity (Wildman–Crippen MR) is 98.8 cm³/mol. The summed E-state index contributed by atoms with van der Waals surface area (Å²) < 4.78 is 0. The molecule has 8 heteroatoms. The maximum atomic E-state index is 12.3. The Bertz CT molecular complexity index is 625. The second kappa shape index (κ2) is 9.74. The van der Waals surface area contributed by atoms with Crippen molar-refractivity contribution in [3.05, 3.63) is 34.4 Å². The fourth-order valence-electron chi connectivity index (χ4n) is 3.04. The topological polar surface area (TPSA) is 105 Å². The molecule has 0 spiro atoms. The van der Waals surface area contributed by atoms with Gasteiger partial charge in [-0.3, -0.25) is 19.7 Å². The van der Waals surface area contributed by atoms with Crippen molar-refractivity contribution in [2.24, 2.45) is 5.92 Å². The molecule has 0 saturated carbocycles. The monoisotopic (exact) mass is 362 g/mol. The highest BCUT2D eigenvalue weighted by molar-refractivity contribution is 5.80. The molecule has 0 atom stereocenters. The van der Waals surface area contributed by atoms with E-state index in [9.17, 15) is 19.7 Å². The average molecular weight is 362 g/mol. The summed E-state index contributed by atoms with van der Waals surface area (Å²) in [7, 11) is 0. The number of carbonyl (C=O) groups excluding carboxylic acids is 2. The largest absolute Gasteiger partial charge is 0.385 e. The normalized spacial score (nSPS) is 14.7. The highest BCUT2D eigenvalue weighted by Crippen LogP contribution is 2.19. The van der Waals surface area contributed by atoms with E-state index >= 15 is 0 Å². The van der Waals surface area contributed by atoms with Gasteiger partial charge in [-0.05, 0) is 38.3 Å². The third kappa shape index (κ3) is 5.72. The zero-order chi connectivity index (χ0) is 18.9. The zero-order valence-electron chi connectivity index (χ0n) is 15.1. The van der Waals surface area contributed by atoms with E-state index in [0.717, 1.165) is 18.5 Å². The van der Waals surface area contributed by atoms with Gasteiger partial charge in [0.2, 0.25) is 11.8 Å². The number of nitrogens with zero attached hydrogens (tertiary/aromatic N) is 2. The van der Waals surface area contributed by atoms with Gasteiger partial charge in [0.25, 0.3) is 5.69 Å². The number of non-ortho nitro benzene ring substituents is 1. The van der Waals surface area contributed by atoms with Crippen molar-refractivity contribution in [3.8, 4) is 0 Å². The lowest BCUT2D eigenvalue weighted by Gasteiger charge is -2.31. The second-order valence-corrected chi connectivity index (χ2v) is 6.38. The minimum atomic E-state index is -0.433. The summed E-state index contributed by atoms with van der Waals surface area (Å²) >= 11 is 0. The first-order chi connectivity index (χ1) is 12.5. The molecule has 1 fully saturated rings. The van der Waals surface area contributed by atoms with Crippen molar-refractivity contribution in [3.63, 3.8) is 0 Å². The second-order valence-electron chi connectivity index (χ2n) is 6.38. The third-order valence-corrected chi connectivity index (χ3v) is 4.54. The predicted octanol–water partition coefficient (Wildman–Crippen LogP) is 2.16. The van der Waals surface area contributed by atoms with E-state index in [4.69, 9.17) is 0 Å². The van der Waals surface area contributed by atoms with Crippen molar-refractivity contribution in [1.82, 2.24) is 10.2 Å². The van der Waals surface area contributed by atoms with Crippen LogP contribution in [0.3, 0.4) is 0 Å². The molecular weight excluding hydrogens is 336 g/mol. The van der Waals surface area contributed by atoms with Crippen LogP contribution in [0.15, 0.2) is 24.3 Å². The van der Waals surface area contributed by atoms with E-state index in [1.165, 1.54) is 12.1 Å². The fraction of sp³-hybridized carbons (Fsp3) is 0.556. The van der Waals surface area contributed by atoms with Crippen molar-refractivity contribution in [1.29, 1.82) is 0 Å². The quantitative estimate of drug-likeness (QED) is 0.419. The molecule has 142 valence electrons. The molecule has 26 heavy (non-hydrogen) atoms. The van der Waals surface area contributed by atoms with E-state index in [1.54, 1.807) is 12.1 Å². The first-order valence-corrected chi connectivity index (χ1v) is 9.05. The Morgan fingerprint density at radius 3 is 2.46 bits per heavy atom. The first-order valence-electron chi connectivity index (χ1n) is 9.05. The van der Waals surface area contributed by atoms with Gasteiger partial charge in [0, 0.05) is 56.3 Å². The van der Waals surface area contributed by atoms with E-state index in [1.807, 2.05) is 11.8 Å². The van der Waals surface area contributed by atoms with Crippen molar-refractivity contribution >= 4 is 23.2 Å². The summed E-state index contributed by atoms with van der Waals surface area (Å²) in [6, 6.07) is 6.22. The molecule has 0 bridgehead atoms. The number of amides is 2. The Balaban J connectivity index is 1.65. The van der Waals surface area contributed by atoms with Gasteiger partial charge in [0.1, 0.15) is 0 Å².